The molecule has 5 heteroatoms. The van der Waals surface area contributed by atoms with Crippen molar-refractivity contribution in [2.45, 2.75) is 26.4 Å². The minimum Gasteiger partial charge on any atom is -0.318 e. The lowest BCUT2D eigenvalue weighted by Crippen LogP contribution is -2.37. The number of benzene rings is 3. The van der Waals surface area contributed by atoms with E-state index in [2.05, 4.69) is 48.1 Å². The Morgan fingerprint density at radius 1 is 0.938 bits per heavy atom. The molecule has 2 amide bonds. The number of aromatic nitrogens is 1. The molecule has 32 heavy (non-hydrogen) atoms. The Kier molecular flexibility index (Phi) is 5.24. The summed E-state index contributed by atoms with van der Waals surface area (Å²) in [5.41, 5.74) is 7.29. The number of rotatable bonds is 2. The second kappa shape index (κ2) is 8.21. The topological polar surface area (TPSA) is 37.3 Å². The minimum atomic E-state index is -0.289. The summed E-state index contributed by atoms with van der Waals surface area (Å²) in [5.74, 6) is 0. The number of para-hydroxylation sites is 1. The number of carbonyl (C=O) groups excluding carboxylic acids is 1. The van der Waals surface area contributed by atoms with Crippen molar-refractivity contribution in [1.29, 1.82) is 0 Å². The Labute approximate surface area is 193 Å². The van der Waals surface area contributed by atoms with E-state index in [1.807, 2.05) is 65.6 Å². The first kappa shape index (κ1) is 20.4. The predicted molar refractivity (Wildman–Crippen MR) is 130 cm³/mol. The Hall–Kier alpha value is -3.50. The third kappa shape index (κ3) is 3.67. The monoisotopic (exact) mass is 441 g/mol. The van der Waals surface area contributed by atoms with Crippen LogP contribution in [0.3, 0.4) is 0 Å². The van der Waals surface area contributed by atoms with Crippen LogP contribution in [0.1, 0.15) is 34.0 Å². The number of anilines is 1. The lowest BCUT2D eigenvalue weighted by Gasteiger charge is -2.31. The first-order valence-electron chi connectivity index (χ1n) is 10.7. The van der Waals surface area contributed by atoms with Gasteiger partial charge in [0.1, 0.15) is 0 Å². The summed E-state index contributed by atoms with van der Waals surface area (Å²) in [7, 11) is 0. The molecule has 1 aliphatic rings. The zero-order valence-electron chi connectivity index (χ0n) is 18.0. The molecule has 160 valence electrons. The first-order valence-corrected chi connectivity index (χ1v) is 11.0. The standard InChI is InChI=1S/C27H24ClN3O/c1-18-12-13-23(15-19(18)2)29-27(32)31-17-21-7-3-4-10-24(21)30-14-6-11-25(30)26(31)20-8-5-9-22(28)16-20/h3-16,26H,17H2,1-2H3,(H,29,32)/t26-/m0/s1. The zero-order chi connectivity index (χ0) is 22.2. The summed E-state index contributed by atoms with van der Waals surface area (Å²) in [5, 5.41) is 3.77. The van der Waals surface area contributed by atoms with Gasteiger partial charge in [0.15, 0.2) is 0 Å². The van der Waals surface area contributed by atoms with Gasteiger partial charge in [0.05, 0.1) is 18.3 Å². The third-order valence-corrected chi connectivity index (χ3v) is 6.38. The van der Waals surface area contributed by atoms with Crippen molar-refractivity contribution >= 4 is 23.3 Å². The Morgan fingerprint density at radius 2 is 1.78 bits per heavy atom. The molecule has 0 bridgehead atoms. The van der Waals surface area contributed by atoms with Gasteiger partial charge in [-0.05, 0) is 78.6 Å². The molecule has 0 radical (unpaired) electrons. The number of amides is 2. The molecule has 2 heterocycles. The van der Waals surface area contributed by atoms with E-state index in [9.17, 15) is 4.79 Å². The van der Waals surface area contributed by atoms with Gasteiger partial charge in [0, 0.05) is 22.6 Å². The van der Waals surface area contributed by atoms with Crippen LogP contribution in [-0.4, -0.2) is 15.5 Å². The van der Waals surface area contributed by atoms with Crippen molar-refractivity contribution in [2.24, 2.45) is 0 Å². The van der Waals surface area contributed by atoms with Gasteiger partial charge in [0.2, 0.25) is 0 Å². The van der Waals surface area contributed by atoms with Crippen molar-refractivity contribution in [3.05, 3.63) is 118 Å². The van der Waals surface area contributed by atoms with E-state index in [4.69, 9.17) is 11.6 Å². The van der Waals surface area contributed by atoms with Gasteiger partial charge in [-0.25, -0.2) is 4.79 Å². The Morgan fingerprint density at radius 3 is 2.59 bits per heavy atom. The molecule has 0 unspecified atom stereocenters. The first-order chi connectivity index (χ1) is 15.5. The molecule has 1 aromatic heterocycles. The van der Waals surface area contributed by atoms with Crippen molar-refractivity contribution in [3.63, 3.8) is 0 Å². The van der Waals surface area contributed by atoms with Gasteiger partial charge in [-0.15, -0.1) is 0 Å². The highest BCUT2D eigenvalue weighted by Gasteiger charge is 2.33. The zero-order valence-corrected chi connectivity index (χ0v) is 18.8. The fourth-order valence-electron chi connectivity index (χ4n) is 4.38. The van der Waals surface area contributed by atoms with Crippen LogP contribution in [0, 0.1) is 13.8 Å². The molecule has 1 atom stereocenters. The molecule has 4 nitrogen and oxygen atoms in total. The van der Waals surface area contributed by atoms with E-state index in [-0.39, 0.29) is 12.1 Å². The molecule has 0 saturated heterocycles. The molecular formula is C27H24ClN3O. The number of halogens is 1. The second-order valence-corrected chi connectivity index (χ2v) is 8.68. The van der Waals surface area contributed by atoms with E-state index in [0.717, 1.165) is 33.8 Å². The van der Waals surface area contributed by atoms with Crippen LogP contribution in [0.15, 0.2) is 85.1 Å². The minimum absolute atomic E-state index is 0.150. The van der Waals surface area contributed by atoms with Gasteiger partial charge in [-0.1, -0.05) is 48.0 Å². The molecule has 5 rings (SSSR count). The maximum Gasteiger partial charge on any atom is 0.322 e. The number of carbonyl (C=O) groups is 1. The van der Waals surface area contributed by atoms with Crippen LogP contribution < -0.4 is 5.32 Å². The van der Waals surface area contributed by atoms with Crippen LogP contribution in [0.5, 0.6) is 0 Å². The van der Waals surface area contributed by atoms with Crippen LogP contribution in [0.25, 0.3) is 5.69 Å². The summed E-state index contributed by atoms with van der Waals surface area (Å²) in [4.78, 5) is 15.6. The summed E-state index contributed by atoms with van der Waals surface area (Å²) in [6.45, 7) is 4.59. The summed E-state index contributed by atoms with van der Waals surface area (Å²) >= 11 is 6.36. The molecule has 0 fully saturated rings. The van der Waals surface area contributed by atoms with E-state index in [1.165, 1.54) is 5.56 Å². The van der Waals surface area contributed by atoms with Crippen molar-refractivity contribution in [2.75, 3.05) is 5.32 Å². The second-order valence-electron chi connectivity index (χ2n) is 8.25. The molecular weight excluding hydrogens is 418 g/mol. The van der Waals surface area contributed by atoms with Gasteiger partial charge >= 0.3 is 6.03 Å². The van der Waals surface area contributed by atoms with Gasteiger partial charge < -0.3 is 14.8 Å². The molecule has 1 aliphatic heterocycles. The van der Waals surface area contributed by atoms with Crippen molar-refractivity contribution < 1.29 is 4.79 Å². The number of fused-ring (bicyclic) bond motifs is 3. The quantitative estimate of drug-likeness (QED) is 0.361. The number of nitrogens with zero attached hydrogens (tertiary/aromatic N) is 2. The molecule has 0 spiro atoms. The number of aryl methyl sites for hydroxylation is 2. The third-order valence-electron chi connectivity index (χ3n) is 6.15. The Bertz CT molecular complexity index is 1310. The van der Waals surface area contributed by atoms with Gasteiger partial charge in [-0.3, -0.25) is 0 Å². The van der Waals surface area contributed by atoms with Gasteiger partial charge in [-0.2, -0.15) is 0 Å². The van der Waals surface area contributed by atoms with E-state index < -0.39 is 0 Å². The fraction of sp³-hybridized carbons (Fsp3) is 0.148. The number of urea groups is 1. The molecule has 0 saturated carbocycles. The molecule has 4 aromatic rings. The average Bonchev–Trinajstić information content (AvgIpc) is 3.20. The maximum atomic E-state index is 13.7. The molecule has 3 aromatic carbocycles. The lowest BCUT2D eigenvalue weighted by atomic mass is 10.0. The normalized spacial score (nSPS) is 15.0. The Balaban J connectivity index is 1.63. The van der Waals surface area contributed by atoms with Crippen LogP contribution in [0.4, 0.5) is 10.5 Å². The number of hydrogen-bond acceptors (Lipinski definition) is 1. The van der Waals surface area contributed by atoms with E-state index in [0.29, 0.717) is 11.6 Å². The number of nitrogens with one attached hydrogen (secondary N) is 1. The lowest BCUT2D eigenvalue weighted by molar-refractivity contribution is 0.194. The average molecular weight is 442 g/mol. The van der Waals surface area contributed by atoms with Crippen LogP contribution in [0.2, 0.25) is 5.02 Å². The highest BCUT2D eigenvalue weighted by atomic mass is 35.5. The largest absolute Gasteiger partial charge is 0.322 e. The highest BCUT2D eigenvalue weighted by molar-refractivity contribution is 6.30. The van der Waals surface area contributed by atoms with Crippen molar-refractivity contribution in [3.8, 4) is 5.69 Å². The predicted octanol–water partition coefficient (Wildman–Crippen LogP) is 6.88. The maximum absolute atomic E-state index is 13.7. The van der Waals surface area contributed by atoms with Crippen molar-refractivity contribution in [1.82, 2.24) is 9.47 Å². The SMILES string of the molecule is Cc1ccc(NC(=O)N2Cc3ccccc3-n3cccc3[C@@H]2c2cccc(Cl)c2)cc1C. The summed E-state index contributed by atoms with van der Waals surface area (Å²) in [6.07, 6.45) is 2.05. The van der Waals surface area contributed by atoms with Crippen LogP contribution in [-0.2, 0) is 6.54 Å². The van der Waals surface area contributed by atoms with Gasteiger partial charge in [0.25, 0.3) is 0 Å². The summed E-state index contributed by atoms with van der Waals surface area (Å²) in [6, 6.07) is 25.6. The summed E-state index contributed by atoms with van der Waals surface area (Å²) < 4.78 is 2.17. The fourth-order valence-corrected chi connectivity index (χ4v) is 4.58. The van der Waals surface area contributed by atoms with E-state index in [1.54, 1.807) is 0 Å². The smallest absolute Gasteiger partial charge is 0.318 e. The van der Waals surface area contributed by atoms with E-state index >= 15 is 0 Å². The molecule has 1 N–H and O–H groups in total. The number of hydrogen-bond donors (Lipinski definition) is 1. The van der Waals surface area contributed by atoms with Crippen LogP contribution >= 0.6 is 11.6 Å². The molecule has 0 aliphatic carbocycles. The highest BCUT2D eigenvalue weighted by Crippen LogP contribution is 2.37.